The Morgan fingerprint density at radius 1 is 1.32 bits per heavy atom. The maximum atomic E-state index is 10.6. The van der Waals surface area contributed by atoms with E-state index in [2.05, 4.69) is 27.1 Å². The van der Waals surface area contributed by atoms with Crippen LogP contribution in [-0.4, -0.2) is 28.1 Å². The molecule has 0 saturated carbocycles. The molecule has 0 bridgehead atoms. The predicted octanol–water partition coefficient (Wildman–Crippen LogP) is 5.27. The molecule has 0 aliphatic heterocycles. The van der Waals surface area contributed by atoms with Gasteiger partial charge in [0.25, 0.3) is 0 Å². The summed E-state index contributed by atoms with van der Waals surface area (Å²) in [5.41, 5.74) is 4.17. The number of rotatable bonds is 4. The number of thiophene rings is 1. The summed E-state index contributed by atoms with van der Waals surface area (Å²) in [7, 11) is 2.00. The van der Waals surface area contributed by atoms with Gasteiger partial charge in [0.2, 0.25) is 0 Å². The van der Waals surface area contributed by atoms with E-state index in [-0.39, 0.29) is 6.04 Å². The molecule has 2 unspecified atom stereocenters. The molecule has 3 aromatic rings. The first kappa shape index (κ1) is 17.5. The minimum atomic E-state index is -0.494. The summed E-state index contributed by atoms with van der Waals surface area (Å²) in [4.78, 5) is 6.85. The predicted molar refractivity (Wildman–Crippen MR) is 106 cm³/mol. The van der Waals surface area contributed by atoms with Crippen LogP contribution in [0.1, 0.15) is 22.9 Å². The monoisotopic (exact) mass is 410 g/mol. The van der Waals surface area contributed by atoms with Crippen molar-refractivity contribution >= 4 is 45.9 Å². The van der Waals surface area contributed by atoms with E-state index in [0.717, 1.165) is 27.4 Å². The topological polar surface area (TPSA) is 36.4 Å². The molecule has 1 aliphatic carbocycles. The number of halogens is 2. The second kappa shape index (κ2) is 6.99. The van der Waals surface area contributed by atoms with E-state index in [1.165, 1.54) is 0 Å². The van der Waals surface area contributed by atoms with Crippen LogP contribution in [0.3, 0.4) is 0 Å². The van der Waals surface area contributed by atoms with Gasteiger partial charge < -0.3 is 5.11 Å². The Morgan fingerprint density at radius 3 is 2.92 bits per heavy atom. The maximum absolute atomic E-state index is 10.6. The molecule has 130 valence electrons. The summed E-state index contributed by atoms with van der Waals surface area (Å²) in [6.45, 7) is 0.659. The van der Waals surface area contributed by atoms with Crippen molar-refractivity contribution in [3.8, 4) is 10.6 Å². The third kappa shape index (κ3) is 3.37. The Hall–Kier alpha value is -0.950. The van der Waals surface area contributed by atoms with Crippen molar-refractivity contribution in [1.82, 2.24) is 9.88 Å². The molecular weight excluding hydrogens is 395 g/mol. The number of fused-ring (bicyclic) bond motifs is 1. The number of hydrogen-bond acceptors (Lipinski definition) is 5. The highest BCUT2D eigenvalue weighted by Gasteiger charge is 2.35. The normalized spacial score (nSPS) is 19.6. The van der Waals surface area contributed by atoms with E-state index in [1.807, 2.05) is 13.1 Å². The van der Waals surface area contributed by atoms with Crippen molar-refractivity contribution < 1.29 is 5.11 Å². The largest absolute Gasteiger partial charge is 0.391 e. The van der Waals surface area contributed by atoms with Gasteiger partial charge in [-0.15, -0.1) is 11.3 Å². The quantitative estimate of drug-likeness (QED) is 0.636. The summed E-state index contributed by atoms with van der Waals surface area (Å²) in [6, 6.07) is 5.61. The second-order valence-electron chi connectivity index (χ2n) is 6.24. The van der Waals surface area contributed by atoms with Gasteiger partial charge in [0.05, 0.1) is 17.8 Å². The highest BCUT2D eigenvalue weighted by molar-refractivity contribution is 7.14. The van der Waals surface area contributed by atoms with Crippen LogP contribution in [0.4, 0.5) is 0 Å². The lowest BCUT2D eigenvalue weighted by molar-refractivity contribution is 0.0719. The van der Waals surface area contributed by atoms with Crippen molar-refractivity contribution in [1.29, 1.82) is 0 Å². The zero-order valence-electron chi connectivity index (χ0n) is 13.4. The minimum absolute atomic E-state index is 0.127. The van der Waals surface area contributed by atoms with E-state index in [0.29, 0.717) is 23.0 Å². The molecular formula is C18H16Cl2N2OS2. The molecule has 1 aromatic carbocycles. The van der Waals surface area contributed by atoms with E-state index in [9.17, 15) is 5.11 Å². The summed E-state index contributed by atoms with van der Waals surface area (Å²) in [5.74, 6) is 0. The van der Waals surface area contributed by atoms with Gasteiger partial charge in [-0.1, -0.05) is 23.2 Å². The number of benzene rings is 1. The first-order chi connectivity index (χ1) is 12.0. The number of aliphatic hydroxyl groups is 1. The molecule has 0 amide bonds. The van der Waals surface area contributed by atoms with Crippen LogP contribution in [0.25, 0.3) is 10.6 Å². The zero-order valence-corrected chi connectivity index (χ0v) is 16.6. The van der Waals surface area contributed by atoms with E-state index in [1.54, 1.807) is 28.7 Å². The lowest BCUT2D eigenvalue weighted by Crippen LogP contribution is -2.30. The molecule has 3 nitrogen and oxygen atoms in total. The van der Waals surface area contributed by atoms with Crippen LogP contribution in [0.5, 0.6) is 0 Å². The zero-order chi connectivity index (χ0) is 17.6. The van der Waals surface area contributed by atoms with Crippen LogP contribution in [0, 0.1) is 0 Å². The average Bonchev–Trinajstić information content (AvgIpc) is 3.25. The maximum Gasteiger partial charge on any atom is 0.124 e. The van der Waals surface area contributed by atoms with Crippen molar-refractivity contribution in [3.63, 3.8) is 0 Å². The van der Waals surface area contributed by atoms with Gasteiger partial charge in [-0.2, -0.15) is 11.3 Å². The molecule has 1 N–H and O–H groups in total. The van der Waals surface area contributed by atoms with Crippen LogP contribution in [-0.2, 0) is 13.0 Å². The molecule has 1 aliphatic rings. The summed E-state index contributed by atoms with van der Waals surface area (Å²) in [5, 5.41) is 19.1. The van der Waals surface area contributed by atoms with E-state index in [4.69, 9.17) is 28.2 Å². The first-order valence-corrected chi connectivity index (χ1v) is 10.4. The van der Waals surface area contributed by atoms with Gasteiger partial charge in [-0.3, -0.25) is 4.90 Å². The van der Waals surface area contributed by atoms with Crippen molar-refractivity contribution in [3.05, 3.63) is 61.2 Å². The minimum Gasteiger partial charge on any atom is -0.391 e. The Balaban J connectivity index is 1.57. The molecule has 0 fully saturated rings. The summed E-state index contributed by atoms with van der Waals surface area (Å²) in [6.07, 6.45) is 0.0586. The van der Waals surface area contributed by atoms with Crippen LogP contribution < -0.4 is 0 Å². The molecule has 2 heterocycles. The number of likely N-dealkylation sites (N-methyl/N-ethyl adjacent to an activating group) is 1. The summed E-state index contributed by atoms with van der Waals surface area (Å²) < 4.78 is 0. The fourth-order valence-electron chi connectivity index (χ4n) is 3.41. The first-order valence-electron chi connectivity index (χ1n) is 7.86. The summed E-state index contributed by atoms with van der Waals surface area (Å²) >= 11 is 15.8. The van der Waals surface area contributed by atoms with Crippen LogP contribution in [0.2, 0.25) is 10.0 Å². The Morgan fingerprint density at radius 2 is 2.16 bits per heavy atom. The van der Waals surface area contributed by atoms with E-state index >= 15 is 0 Å². The number of aromatic nitrogens is 1. The number of aliphatic hydroxyl groups excluding tert-OH is 1. The van der Waals surface area contributed by atoms with Crippen LogP contribution >= 0.6 is 45.9 Å². The number of hydrogen-bond donors (Lipinski definition) is 1. The molecule has 0 radical (unpaired) electrons. The van der Waals surface area contributed by atoms with Crippen LogP contribution in [0.15, 0.2) is 34.3 Å². The third-order valence-corrected chi connectivity index (χ3v) is 6.68. The van der Waals surface area contributed by atoms with Gasteiger partial charge in [-0.05, 0) is 41.8 Å². The van der Waals surface area contributed by atoms with Crippen molar-refractivity contribution in [2.45, 2.75) is 25.1 Å². The fourth-order valence-corrected chi connectivity index (χ4v) is 5.52. The lowest BCUT2D eigenvalue weighted by atomic mass is 10.1. The van der Waals surface area contributed by atoms with Gasteiger partial charge in [0.15, 0.2) is 0 Å². The van der Waals surface area contributed by atoms with E-state index < -0.39 is 6.10 Å². The smallest absolute Gasteiger partial charge is 0.124 e. The van der Waals surface area contributed by atoms with Gasteiger partial charge in [-0.25, -0.2) is 4.98 Å². The molecule has 2 aromatic heterocycles. The standard InChI is InChI=1S/C18H16Cl2N2OS2/c1-22(7-12-9-25-18(21-12)10-2-3-24-8-10)17-14-4-11(19)5-15(20)13(14)6-16(17)23/h2-5,8-9,16-17,23H,6-7H2,1H3. The number of nitrogens with zero attached hydrogens (tertiary/aromatic N) is 2. The molecule has 0 spiro atoms. The highest BCUT2D eigenvalue weighted by Crippen LogP contribution is 2.41. The molecule has 0 saturated heterocycles. The fraction of sp³-hybridized carbons (Fsp3) is 0.278. The Kier molecular flexibility index (Phi) is 4.88. The second-order valence-corrected chi connectivity index (χ2v) is 8.72. The average molecular weight is 411 g/mol. The lowest BCUT2D eigenvalue weighted by Gasteiger charge is -2.27. The number of thiazole rings is 1. The van der Waals surface area contributed by atoms with Gasteiger partial charge in [0, 0.05) is 39.3 Å². The molecule has 4 rings (SSSR count). The highest BCUT2D eigenvalue weighted by atomic mass is 35.5. The van der Waals surface area contributed by atoms with Gasteiger partial charge in [0.1, 0.15) is 5.01 Å². The molecule has 7 heteroatoms. The van der Waals surface area contributed by atoms with Crippen molar-refractivity contribution in [2.75, 3.05) is 7.05 Å². The SMILES string of the molecule is CN(Cc1csc(-c2ccsc2)n1)C1c2cc(Cl)cc(Cl)c2CC1O. The Bertz CT molecular complexity index is 895. The molecule has 2 atom stereocenters. The Labute approximate surface area is 164 Å². The van der Waals surface area contributed by atoms with Crippen molar-refractivity contribution in [2.24, 2.45) is 0 Å². The van der Waals surface area contributed by atoms with Gasteiger partial charge >= 0.3 is 0 Å². The molecule has 25 heavy (non-hydrogen) atoms. The third-order valence-electron chi connectivity index (χ3n) is 4.50.